The van der Waals surface area contributed by atoms with E-state index in [2.05, 4.69) is 74.6 Å². The zero-order valence-corrected chi connectivity index (χ0v) is 16.8. The standard InChI is InChI=1S/C26H36/c1-3-5-7-11-23-14-18-25(19-15-23)26(20-8-6-9-21-26)24-16-12-22(10-4-2)13-17-24/h3,5-6,8-9,12-13,16-17,20,23,25H,4,7,10-11,14-15,18-19,21H2,1-2H3/b5-3+. The highest BCUT2D eigenvalue weighted by atomic mass is 14.4. The fraction of sp³-hybridized carbons (Fsp3) is 0.538. The van der Waals surface area contributed by atoms with E-state index in [4.69, 9.17) is 0 Å². The third-order valence-electron chi connectivity index (χ3n) is 6.68. The van der Waals surface area contributed by atoms with E-state index in [1.807, 2.05) is 0 Å². The van der Waals surface area contributed by atoms with Gasteiger partial charge in [-0.25, -0.2) is 0 Å². The Labute approximate surface area is 161 Å². The second-order valence-corrected chi connectivity index (χ2v) is 8.34. The first kappa shape index (κ1) is 19.2. The third kappa shape index (κ3) is 4.40. The summed E-state index contributed by atoms with van der Waals surface area (Å²) >= 11 is 0. The Morgan fingerprint density at radius 2 is 1.81 bits per heavy atom. The van der Waals surface area contributed by atoms with Gasteiger partial charge < -0.3 is 0 Å². The van der Waals surface area contributed by atoms with Gasteiger partial charge >= 0.3 is 0 Å². The number of aryl methyl sites for hydroxylation is 1. The molecule has 1 unspecified atom stereocenters. The van der Waals surface area contributed by atoms with E-state index in [0.717, 1.165) is 11.8 Å². The lowest BCUT2D eigenvalue weighted by Gasteiger charge is -2.43. The van der Waals surface area contributed by atoms with Gasteiger partial charge in [0.1, 0.15) is 0 Å². The normalized spacial score (nSPS) is 28.7. The van der Waals surface area contributed by atoms with Crippen LogP contribution in [0.4, 0.5) is 0 Å². The number of benzene rings is 1. The summed E-state index contributed by atoms with van der Waals surface area (Å²) in [5, 5.41) is 0. The van der Waals surface area contributed by atoms with Gasteiger partial charge in [-0.2, -0.15) is 0 Å². The van der Waals surface area contributed by atoms with E-state index >= 15 is 0 Å². The molecule has 0 radical (unpaired) electrons. The molecule has 140 valence electrons. The number of rotatable bonds is 7. The van der Waals surface area contributed by atoms with E-state index < -0.39 is 0 Å². The smallest absolute Gasteiger partial charge is 0.0198 e. The van der Waals surface area contributed by atoms with Gasteiger partial charge in [0, 0.05) is 5.41 Å². The molecule has 0 amide bonds. The number of hydrogen-bond donors (Lipinski definition) is 0. The molecule has 0 spiro atoms. The molecule has 1 atom stereocenters. The van der Waals surface area contributed by atoms with Crippen molar-refractivity contribution in [1.29, 1.82) is 0 Å². The van der Waals surface area contributed by atoms with Crippen LogP contribution in [0.1, 0.15) is 76.3 Å². The molecule has 2 aliphatic rings. The maximum absolute atomic E-state index is 2.52. The largest absolute Gasteiger partial charge is 0.0917 e. The number of hydrogen-bond acceptors (Lipinski definition) is 0. The molecule has 0 nitrogen and oxygen atoms in total. The predicted octanol–water partition coefficient (Wildman–Crippen LogP) is 7.56. The van der Waals surface area contributed by atoms with Crippen molar-refractivity contribution >= 4 is 0 Å². The van der Waals surface area contributed by atoms with Crippen LogP contribution in [0.2, 0.25) is 0 Å². The Bertz CT molecular complexity index is 623. The second kappa shape index (κ2) is 9.40. The van der Waals surface area contributed by atoms with Gasteiger partial charge in [0.25, 0.3) is 0 Å². The summed E-state index contributed by atoms with van der Waals surface area (Å²) in [4.78, 5) is 0. The first-order valence-corrected chi connectivity index (χ1v) is 10.8. The third-order valence-corrected chi connectivity index (χ3v) is 6.68. The first-order chi connectivity index (χ1) is 12.8. The van der Waals surface area contributed by atoms with Crippen LogP contribution in [0.3, 0.4) is 0 Å². The summed E-state index contributed by atoms with van der Waals surface area (Å²) in [5.74, 6) is 1.73. The van der Waals surface area contributed by atoms with Crippen LogP contribution in [0.5, 0.6) is 0 Å². The first-order valence-electron chi connectivity index (χ1n) is 10.8. The summed E-state index contributed by atoms with van der Waals surface area (Å²) < 4.78 is 0. The van der Waals surface area contributed by atoms with Gasteiger partial charge in [0.2, 0.25) is 0 Å². The van der Waals surface area contributed by atoms with Gasteiger partial charge in [-0.15, -0.1) is 0 Å². The van der Waals surface area contributed by atoms with Crippen molar-refractivity contribution in [3.05, 3.63) is 71.8 Å². The van der Waals surface area contributed by atoms with Crippen LogP contribution in [0.25, 0.3) is 0 Å². The highest BCUT2D eigenvalue weighted by Crippen LogP contribution is 2.47. The summed E-state index contributed by atoms with van der Waals surface area (Å²) in [6.45, 7) is 4.40. The average Bonchev–Trinajstić information content (AvgIpc) is 2.70. The lowest BCUT2D eigenvalue weighted by Crippen LogP contribution is -2.36. The molecule has 0 saturated heterocycles. The minimum atomic E-state index is 0.230. The Kier molecular flexibility index (Phi) is 6.94. The van der Waals surface area contributed by atoms with Crippen molar-refractivity contribution < 1.29 is 0 Å². The minimum absolute atomic E-state index is 0.230. The van der Waals surface area contributed by atoms with Crippen molar-refractivity contribution in [2.24, 2.45) is 11.8 Å². The average molecular weight is 349 g/mol. The molecule has 0 bridgehead atoms. The van der Waals surface area contributed by atoms with Gasteiger partial charge in [-0.1, -0.05) is 86.9 Å². The van der Waals surface area contributed by atoms with E-state index in [1.54, 1.807) is 0 Å². The van der Waals surface area contributed by atoms with Crippen molar-refractivity contribution in [3.8, 4) is 0 Å². The fourth-order valence-electron chi connectivity index (χ4n) is 5.12. The van der Waals surface area contributed by atoms with Crippen LogP contribution in [-0.4, -0.2) is 0 Å². The molecule has 1 aromatic rings. The molecular formula is C26H36. The Balaban J connectivity index is 1.72. The summed E-state index contributed by atoms with van der Waals surface area (Å²) in [6.07, 6.45) is 25.8. The Hall–Kier alpha value is -1.56. The van der Waals surface area contributed by atoms with E-state index in [1.165, 1.54) is 68.9 Å². The molecule has 26 heavy (non-hydrogen) atoms. The molecule has 1 aromatic carbocycles. The molecule has 1 fully saturated rings. The molecule has 0 heterocycles. The van der Waals surface area contributed by atoms with Gasteiger partial charge in [0.05, 0.1) is 0 Å². The zero-order chi connectivity index (χ0) is 18.2. The molecule has 0 N–H and O–H groups in total. The second-order valence-electron chi connectivity index (χ2n) is 8.34. The predicted molar refractivity (Wildman–Crippen MR) is 115 cm³/mol. The highest BCUT2D eigenvalue weighted by Gasteiger charge is 2.39. The lowest BCUT2D eigenvalue weighted by molar-refractivity contribution is 0.195. The summed E-state index contributed by atoms with van der Waals surface area (Å²) in [6, 6.07) is 9.59. The van der Waals surface area contributed by atoms with Crippen molar-refractivity contribution in [2.75, 3.05) is 0 Å². The SMILES string of the molecule is C/C=C/CCC1CCC(C2(c3ccc(CCC)cc3)C=CC=CC2)CC1. The van der Waals surface area contributed by atoms with Crippen molar-refractivity contribution in [3.63, 3.8) is 0 Å². The van der Waals surface area contributed by atoms with Crippen LogP contribution in [-0.2, 0) is 11.8 Å². The highest BCUT2D eigenvalue weighted by molar-refractivity contribution is 5.38. The maximum atomic E-state index is 2.52. The minimum Gasteiger partial charge on any atom is -0.0917 e. The molecule has 0 aliphatic heterocycles. The van der Waals surface area contributed by atoms with Crippen molar-refractivity contribution in [2.45, 2.75) is 77.0 Å². The molecule has 1 saturated carbocycles. The van der Waals surface area contributed by atoms with E-state index in [0.29, 0.717) is 0 Å². The van der Waals surface area contributed by atoms with Gasteiger partial charge in [-0.3, -0.25) is 0 Å². The van der Waals surface area contributed by atoms with E-state index in [-0.39, 0.29) is 5.41 Å². The van der Waals surface area contributed by atoms with Gasteiger partial charge in [-0.05, 0) is 68.4 Å². The number of allylic oxidation sites excluding steroid dienone is 6. The van der Waals surface area contributed by atoms with Crippen molar-refractivity contribution in [1.82, 2.24) is 0 Å². The van der Waals surface area contributed by atoms with Crippen LogP contribution >= 0.6 is 0 Å². The molecule has 3 rings (SSSR count). The topological polar surface area (TPSA) is 0 Å². The van der Waals surface area contributed by atoms with Crippen LogP contribution < -0.4 is 0 Å². The molecular weight excluding hydrogens is 312 g/mol. The Morgan fingerprint density at radius 1 is 1.04 bits per heavy atom. The Morgan fingerprint density at radius 3 is 2.42 bits per heavy atom. The molecule has 2 aliphatic carbocycles. The summed E-state index contributed by atoms with van der Waals surface area (Å²) in [7, 11) is 0. The fourth-order valence-corrected chi connectivity index (χ4v) is 5.12. The molecule has 0 aromatic heterocycles. The van der Waals surface area contributed by atoms with Gasteiger partial charge in [0.15, 0.2) is 0 Å². The lowest BCUT2D eigenvalue weighted by atomic mass is 9.61. The van der Waals surface area contributed by atoms with Crippen LogP contribution in [0.15, 0.2) is 60.7 Å². The molecule has 0 heteroatoms. The summed E-state index contributed by atoms with van der Waals surface area (Å²) in [5.41, 5.74) is 3.25. The monoisotopic (exact) mass is 348 g/mol. The van der Waals surface area contributed by atoms with E-state index in [9.17, 15) is 0 Å². The van der Waals surface area contributed by atoms with Crippen LogP contribution in [0, 0.1) is 11.8 Å². The zero-order valence-electron chi connectivity index (χ0n) is 16.8. The maximum Gasteiger partial charge on any atom is 0.0198 e. The quantitative estimate of drug-likeness (QED) is 0.446.